The molecule has 1 atom stereocenters. The first-order valence-corrected chi connectivity index (χ1v) is 3.63. The third-order valence-corrected chi connectivity index (χ3v) is 2.26. The Balaban J connectivity index is 2.64. The minimum absolute atomic E-state index is 0.0277. The molecule has 1 fully saturated rings. The van der Waals surface area contributed by atoms with E-state index >= 15 is 0 Å². The Hall–Kier alpha value is 0.0700. The molecule has 0 aliphatic heterocycles. The fourth-order valence-corrected chi connectivity index (χ4v) is 1.40. The molecule has 0 N–H and O–H groups in total. The topological polar surface area (TPSA) is 34.1 Å². The van der Waals surface area contributed by atoms with Gasteiger partial charge in [0.25, 0.3) is 0 Å². The second kappa shape index (κ2) is 2.13. The molecule has 44 valence electrons. The van der Waals surface area contributed by atoms with E-state index in [-0.39, 0.29) is 21.9 Å². The van der Waals surface area contributed by atoms with E-state index in [2.05, 4.69) is 0 Å². The lowest BCUT2D eigenvalue weighted by molar-refractivity contribution is -0.121. The van der Waals surface area contributed by atoms with Crippen LogP contribution in [0.25, 0.3) is 0 Å². The molecular formula is C5H5IO2. The molecule has 1 aliphatic rings. The van der Waals surface area contributed by atoms with Gasteiger partial charge in [-0.15, -0.1) is 0 Å². The third kappa shape index (κ3) is 1.07. The van der Waals surface area contributed by atoms with Crippen molar-refractivity contribution in [2.45, 2.75) is 16.8 Å². The molecule has 0 saturated heterocycles. The summed E-state index contributed by atoms with van der Waals surface area (Å²) in [7, 11) is 0. The summed E-state index contributed by atoms with van der Waals surface area (Å²) in [5.41, 5.74) is 0. The second-order valence-electron chi connectivity index (χ2n) is 1.85. The summed E-state index contributed by atoms with van der Waals surface area (Å²) in [6.07, 6.45) is 0.632. The van der Waals surface area contributed by atoms with Crippen molar-refractivity contribution >= 4 is 34.2 Å². The molecule has 0 heterocycles. The van der Waals surface area contributed by atoms with Gasteiger partial charge in [0.1, 0.15) is 5.78 Å². The summed E-state index contributed by atoms with van der Waals surface area (Å²) in [4.78, 5) is 21.0. The van der Waals surface area contributed by atoms with Crippen LogP contribution in [-0.4, -0.2) is 15.5 Å². The fraction of sp³-hybridized carbons (Fsp3) is 0.600. The van der Waals surface area contributed by atoms with Gasteiger partial charge in [-0.05, 0) is 0 Å². The van der Waals surface area contributed by atoms with Gasteiger partial charge in [0.15, 0.2) is 5.78 Å². The Labute approximate surface area is 60.8 Å². The van der Waals surface area contributed by atoms with Crippen LogP contribution < -0.4 is 0 Å². The highest BCUT2D eigenvalue weighted by Gasteiger charge is 2.27. The quantitative estimate of drug-likeness (QED) is 0.345. The van der Waals surface area contributed by atoms with Crippen LogP contribution in [-0.2, 0) is 9.59 Å². The zero-order valence-electron chi connectivity index (χ0n) is 4.19. The summed E-state index contributed by atoms with van der Waals surface area (Å²) in [6, 6.07) is 0. The monoisotopic (exact) mass is 224 g/mol. The summed E-state index contributed by atoms with van der Waals surface area (Å²) in [5, 5.41) is 0. The van der Waals surface area contributed by atoms with Crippen molar-refractivity contribution in [2.24, 2.45) is 0 Å². The van der Waals surface area contributed by atoms with Gasteiger partial charge in [0, 0.05) is 6.42 Å². The van der Waals surface area contributed by atoms with Crippen molar-refractivity contribution < 1.29 is 9.59 Å². The van der Waals surface area contributed by atoms with E-state index in [4.69, 9.17) is 0 Å². The maximum absolute atomic E-state index is 10.6. The van der Waals surface area contributed by atoms with Crippen molar-refractivity contribution in [2.75, 3.05) is 0 Å². The molecular weight excluding hydrogens is 219 g/mol. The zero-order valence-corrected chi connectivity index (χ0v) is 6.34. The van der Waals surface area contributed by atoms with Crippen LogP contribution in [0.5, 0.6) is 0 Å². The molecule has 1 rings (SSSR count). The van der Waals surface area contributed by atoms with E-state index in [0.29, 0.717) is 6.42 Å². The SMILES string of the molecule is O=C1CC(=O)C(I)C1. The number of halogens is 1. The van der Waals surface area contributed by atoms with E-state index in [0.717, 1.165) is 0 Å². The Kier molecular flexibility index (Phi) is 1.65. The molecule has 0 aromatic rings. The number of Topliss-reactive ketones (excluding diaryl/α,β-unsaturated/α-hetero) is 2. The average Bonchev–Trinajstić information content (AvgIpc) is 1.85. The lowest BCUT2D eigenvalue weighted by Gasteiger charge is -1.87. The zero-order chi connectivity index (χ0) is 6.15. The Morgan fingerprint density at radius 1 is 1.50 bits per heavy atom. The predicted octanol–water partition coefficient (Wildman–Crippen LogP) is 0.722. The molecule has 8 heavy (non-hydrogen) atoms. The molecule has 1 saturated carbocycles. The second-order valence-corrected chi connectivity index (χ2v) is 3.36. The van der Waals surface area contributed by atoms with Crippen molar-refractivity contribution in [1.29, 1.82) is 0 Å². The largest absolute Gasteiger partial charge is 0.299 e. The molecule has 2 nitrogen and oxygen atoms in total. The van der Waals surface area contributed by atoms with E-state index < -0.39 is 0 Å². The van der Waals surface area contributed by atoms with E-state index in [1.165, 1.54) is 0 Å². The van der Waals surface area contributed by atoms with Gasteiger partial charge in [0.2, 0.25) is 0 Å². The van der Waals surface area contributed by atoms with Gasteiger partial charge in [-0.25, -0.2) is 0 Å². The summed E-state index contributed by atoms with van der Waals surface area (Å²) >= 11 is 2.00. The predicted molar refractivity (Wildman–Crippen MR) is 37.1 cm³/mol. The van der Waals surface area contributed by atoms with E-state index in [1.807, 2.05) is 22.6 Å². The number of carbonyl (C=O) groups excluding carboxylic acids is 2. The standard InChI is InChI=1S/C5H5IO2/c6-4-1-3(7)2-5(4)8/h4H,1-2H2. The normalized spacial score (nSPS) is 29.4. The van der Waals surface area contributed by atoms with Gasteiger partial charge >= 0.3 is 0 Å². The van der Waals surface area contributed by atoms with Gasteiger partial charge in [-0.3, -0.25) is 9.59 Å². The minimum atomic E-state index is -0.0277. The Morgan fingerprint density at radius 3 is 2.25 bits per heavy atom. The number of hydrogen-bond donors (Lipinski definition) is 0. The van der Waals surface area contributed by atoms with Crippen molar-refractivity contribution in [3.63, 3.8) is 0 Å². The first-order chi connectivity index (χ1) is 3.70. The minimum Gasteiger partial charge on any atom is -0.299 e. The van der Waals surface area contributed by atoms with Crippen LogP contribution in [0.3, 0.4) is 0 Å². The Bertz CT molecular complexity index is 141. The first kappa shape index (κ1) is 6.19. The summed E-state index contributed by atoms with van der Waals surface area (Å²) in [5.74, 6) is 0.185. The molecule has 0 aromatic heterocycles. The number of rotatable bonds is 0. The number of ketones is 2. The number of hydrogen-bond acceptors (Lipinski definition) is 2. The van der Waals surface area contributed by atoms with Gasteiger partial charge < -0.3 is 0 Å². The van der Waals surface area contributed by atoms with Crippen LogP contribution in [0.4, 0.5) is 0 Å². The third-order valence-electron chi connectivity index (χ3n) is 1.13. The van der Waals surface area contributed by atoms with Crippen LogP contribution in [0.2, 0.25) is 0 Å². The summed E-state index contributed by atoms with van der Waals surface area (Å²) in [6.45, 7) is 0. The Morgan fingerprint density at radius 2 is 2.12 bits per heavy atom. The van der Waals surface area contributed by atoms with Crippen molar-refractivity contribution in [1.82, 2.24) is 0 Å². The highest BCUT2D eigenvalue weighted by molar-refractivity contribution is 14.1. The smallest absolute Gasteiger partial charge is 0.153 e. The van der Waals surface area contributed by atoms with Gasteiger partial charge in [-0.1, -0.05) is 22.6 Å². The van der Waals surface area contributed by atoms with Gasteiger partial charge in [0.05, 0.1) is 10.3 Å². The molecule has 0 bridgehead atoms. The van der Waals surface area contributed by atoms with Crippen LogP contribution in [0, 0.1) is 0 Å². The van der Waals surface area contributed by atoms with Crippen LogP contribution in [0.15, 0.2) is 0 Å². The van der Waals surface area contributed by atoms with Gasteiger partial charge in [-0.2, -0.15) is 0 Å². The highest BCUT2D eigenvalue weighted by atomic mass is 127. The van der Waals surface area contributed by atoms with Crippen molar-refractivity contribution in [3.05, 3.63) is 0 Å². The summed E-state index contributed by atoms with van der Waals surface area (Å²) < 4.78 is -0.0277. The maximum Gasteiger partial charge on any atom is 0.153 e. The molecule has 0 aromatic carbocycles. The first-order valence-electron chi connectivity index (χ1n) is 2.38. The molecule has 0 amide bonds. The molecule has 1 unspecified atom stereocenters. The maximum atomic E-state index is 10.6. The molecule has 0 radical (unpaired) electrons. The molecule has 3 heteroatoms. The fourth-order valence-electron chi connectivity index (χ4n) is 0.691. The highest BCUT2D eigenvalue weighted by Crippen LogP contribution is 2.18. The van der Waals surface area contributed by atoms with E-state index in [9.17, 15) is 9.59 Å². The lowest BCUT2D eigenvalue weighted by atomic mass is 10.3. The van der Waals surface area contributed by atoms with Crippen molar-refractivity contribution in [3.8, 4) is 0 Å². The molecule has 0 spiro atoms. The lowest BCUT2D eigenvalue weighted by Crippen LogP contribution is -2.01. The average molecular weight is 224 g/mol. The molecule has 1 aliphatic carbocycles. The number of alkyl halides is 1. The van der Waals surface area contributed by atoms with E-state index in [1.54, 1.807) is 0 Å². The number of carbonyl (C=O) groups is 2. The van der Waals surface area contributed by atoms with Crippen LogP contribution in [0.1, 0.15) is 12.8 Å². The van der Waals surface area contributed by atoms with Crippen LogP contribution >= 0.6 is 22.6 Å².